The number of nitrogens with zero attached hydrogens (tertiary/aromatic N) is 1. The number of rotatable bonds is 5. The third-order valence-electron chi connectivity index (χ3n) is 3.97. The summed E-state index contributed by atoms with van der Waals surface area (Å²) in [5.74, 6) is -0.173. The summed E-state index contributed by atoms with van der Waals surface area (Å²) in [5, 5.41) is 9.94. The second kappa shape index (κ2) is 6.22. The van der Waals surface area contributed by atoms with Crippen LogP contribution in [-0.4, -0.2) is 22.7 Å². The topological polar surface area (TPSA) is 59.4 Å². The molecule has 0 amide bonds. The van der Waals surface area contributed by atoms with E-state index in [9.17, 15) is 4.79 Å². The van der Waals surface area contributed by atoms with Gasteiger partial charge in [-0.2, -0.15) is 0 Å². The van der Waals surface area contributed by atoms with Gasteiger partial charge in [0.1, 0.15) is 10.6 Å². The molecule has 0 saturated heterocycles. The lowest BCUT2D eigenvalue weighted by atomic mass is 9.79. The van der Waals surface area contributed by atoms with Crippen LogP contribution in [0.2, 0.25) is 0 Å². The number of carboxylic acid groups (broad SMARTS) is 1. The first-order chi connectivity index (χ1) is 9.47. The molecule has 20 heavy (non-hydrogen) atoms. The summed E-state index contributed by atoms with van der Waals surface area (Å²) in [7, 11) is 0. The molecule has 0 aromatic carbocycles. The van der Waals surface area contributed by atoms with Crippen molar-refractivity contribution in [3.05, 3.63) is 15.6 Å². The van der Waals surface area contributed by atoms with Crippen molar-refractivity contribution in [2.45, 2.75) is 58.5 Å². The van der Waals surface area contributed by atoms with Gasteiger partial charge in [-0.3, -0.25) is 4.79 Å². The highest BCUT2D eigenvalue weighted by Crippen LogP contribution is 2.44. The number of hydrogen-bond donors (Lipinski definition) is 1. The average Bonchev–Trinajstić information content (AvgIpc) is 2.71. The number of hydrogen-bond acceptors (Lipinski definition) is 4. The van der Waals surface area contributed by atoms with Gasteiger partial charge in [-0.1, -0.05) is 13.3 Å². The predicted octanol–water partition coefficient (Wildman–Crippen LogP) is 3.52. The van der Waals surface area contributed by atoms with Crippen molar-refractivity contribution in [3.8, 4) is 0 Å². The first kappa shape index (κ1) is 15.4. The number of aryl methyl sites for hydroxylation is 1. The highest BCUT2D eigenvalue weighted by molar-refractivity contribution is 7.12. The Labute approximate surface area is 124 Å². The molecule has 4 nitrogen and oxygen atoms in total. The molecule has 5 heteroatoms. The number of ether oxygens (including phenoxy) is 1. The molecule has 0 radical (unpaired) electrons. The Bertz CT molecular complexity index is 481. The van der Waals surface area contributed by atoms with E-state index in [1.54, 1.807) is 0 Å². The zero-order chi connectivity index (χ0) is 14.8. The summed E-state index contributed by atoms with van der Waals surface area (Å²) in [6.07, 6.45) is 4.42. The van der Waals surface area contributed by atoms with Crippen molar-refractivity contribution < 1.29 is 14.6 Å². The molecule has 1 saturated carbocycles. The van der Waals surface area contributed by atoms with Crippen LogP contribution in [0, 0.1) is 12.8 Å². The van der Waals surface area contributed by atoms with Crippen molar-refractivity contribution >= 4 is 17.3 Å². The van der Waals surface area contributed by atoms with Gasteiger partial charge in [-0.25, -0.2) is 4.98 Å². The molecule has 1 fully saturated rings. The Hall–Kier alpha value is -0.940. The number of carboxylic acids is 1. The van der Waals surface area contributed by atoms with Crippen LogP contribution in [0.5, 0.6) is 0 Å². The van der Waals surface area contributed by atoms with Gasteiger partial charge < -0.3 is 9.84 Å². The SMILES string of the molecule is CCOC1(c2nc(C)c(CC(=O)O)s2)CCCC(C)C1. The first-order valence-electron chi connectivity index (χ1n) is 7.29. The predicted molar refractivity (Wildman–Crippen MR) is 79.1 cm³/mol. The summed E-state index contributed by atoms with van der Waals surface area (Å²) in [6, 6.07) is 0. The minimum absolute atomic E-state index is 0.0568. The molecule has 2 atom stereocenters. The van der Waals surface area contributed by atoms with Gasteiger partial charge in [0.25, 0.3) is 0 Å². The van der Waals surface area contributed by atoms with Crippen LogP contribution in [0.4, 0.5) is 0 Å². The zero-order valence-corrected chi connectivity index (χ0v) is 13.3. The van der Waals surface area contributed by atoms with Gasteiger partial charge in [0, 0.05) is 11.5 Å². The minimum atomic E-state index is -0.800. The molecule has 1 aliphatic carbocycles. The summed E-state index contributed by atoms with van der Waals surface area (Å²) >= 11 is 1.52. The second-order valence-corrected chi connectivity index (χ2v) is 6.81. The van der Waals surface area contributed by atoms with E-state index in [1.165, 1.54) is 17.8 Å². The van der Waals surface area contributed by atoms with E-state index < -0.39 is 5.97 Å². The summed E-state index contributed by atoms with van der Waals surface area (Å²) in [5.41, 5.74) is 0.545. The van der Waals surface area contributed by atoms with Crippen LogP contribution in [0.3, 0.4) is 0 Å². The van der Waals surface area contributed by atoms with E-state index in [1.807, 2.05) is 13.8 Å². The van der Waals surface area contributed by atoms with Crippen molar-refractivity contribution in [2.75, 3.05) is 6.61 Å². The molecule has 112 valence electrons. The van der Waals surface area contributed by atoms with E-state index in [4.69, 9.17) is 9.84 Å². The highest BCUT2D eigenvalue weighted by Gasteiger charge is 2.40. The van der Waals surface area contributed by atoms with Gasteiger partial charge in [-0.15, -0.1) is 11.3 Å². The van der Waals surface area contributed by atoms with Gasteiger partial charge in [0.05, 0.1) is 12.1 Å². The van der Waals surface area contributed by atoms with Gasteiger partial charge in [0.2, 0.25) is 0 Å². The molecular weight excluding hydrogens is 274 g/mol. The lowest BCUT2D eigenvalue weighted by molar-refractivity contribution is -0.136. The summed E-state index contributed by atoms with van der Waals surface area (Å²) < 4.78 is 6.10. The Morgan fingerprint density at radius 1 is 1.60 bits per heavy atom. The first-order valence-corrected chi connectivity index (χ1v) is 8.11. The van der Waals surface area contributed by atoms with E-state index in [2.05, 4.69) is 11.9 Å². The molecule has 1 N–H and O–H groups in total. The number of thiazole rings is 1. The maximum absolute atomic E-state index is 10.9. The molecule has 0 spiro atoms. The summed E-state index contributed by atoms with van der Waals surface area (Å²) in [6.45, 7) is 6.83. The maximum atomic E-state index is 10.9. The molecular formula is C15H23NO3S. The van der Waals surface area contributed by atoms with E-state index in [0.29, 0.717) is 12.5 Å². The Morgan fingerprint density at radius 3 is 2.95 bits per heavy atom. The van der Waals surface area contributed by atoms with Crippen LogP contribution in [0.1, 0.15) is 55.1 Å². The van der Waals surface area contributed by atoms with Gasteiger partial charge in [0.15, 0.2) is 0 Å². The van der Waals surface area contributed by atoms with Gasteiger partial charge in [-0.05, 0) is 39.0 Å². The number of carbonyl (C=O) groups is 1. The van der Waals surface area contributed by atoms with Crippen molar-refractivity contribution in [1.82, 2.24) is 4.98 Å². The molecule has 2 unspecified atom stereocenters. The smallest absolute Gasteiger partial charge is 0.308 e. The van der Waals surface area contributed by atoms with Crippen LogP contribution in [0.15, 0.2) is 0 Å². The van der Waals surface area contributed by atoms with E-state index >= 15 is 0 Å². The fourth-order valence-electron chi connectivity index (χ4n) is 3.09. The monoisotopic (exact) mass is 297 g/mol. The quantitative estimate of drug-likeness (QED) is 0.903. The average molecular weight is 297 g/mol. The third-order valence-corrected chi connectivity index (χ3v) is 5.31. The molecule has 0 bridgehead atoms. The Kier molecular flexibility index (Phi) is 4.81. The Morgan fingerprint density at radius 2 is 2.35 bits per heavy atom. The van der Waals surface area contributed by atoms with Crippen molar-refractivity contribution in [2.24, 2.45) is 5.92 Å². The van der Waals surface area contributed by atoms with E-state index in [0.717, 1.165) is 34.8 Å². The lowest BCUT2D eigenvalue weighted by Gasteiger charge is -2.38. The van der Waals surface area contributed by atoms with Crippen LogP contribution < -0.4 is 0 Å². The molecule has 1 heterocycles. The normalized spacial score (nSPS) is 26.6. The zero-order valence-electron chi connectivity index (χ0n) is 12.4. The molecule has 0 aliphatic heterocycles. The van der Waals surface area contributed by atoms with E-state index in [-0.39, 0.29) is 12.0 Å². The minimum Gasteiger partial charge on any atom is -0.481 e. The fraction of sp³-hybridized carbons (Fsp3) is 0.733. The highest BCUT2D eigenvalue weighted by atomic mass is 32.1. The standard InChI is InChI=1S/C15H23NO3S/c1-4-19-15(7-5-6-10(2)9-15)14-16-11(3)12(20-14)8-13(17)18/h10H,4-9H2,1-3H3,(H,17,18). The Balaban J connectivity index is 2.32. The second-order valence-electron chi connectivity index (χ2n) is 5.73. The molecule has 1 aromatic heterocycles. The number of aromatic nitrogens is 1. The van der Waals surface area contributed by atoms with Crippen LogP contribution in [0.25, 0.3) is 0 Å². The number of aliphatic carboxylic acids is 1. The fourth-order valence-corrected chi connectivity index (χ4v) is 4.33. The molecule has 1 aromatic rings. The lowest BCUT2D eigenvalue weighted by Crippen LogP contribution is -2.35. The van der Waals surface area contributed by atoms with Crippen LogP contribution in [-0.2, 0) is 21.6 Å². The van der Waals surface area contributed by atoms with Crippen molar-refractivity contribution in [3.63, 3.8) is 0 Å². The molecule has 1 aliphatic rings. The maximum Gasteiger partial charge on any atom is 0.308 e. The van der Waals surface area contributed by atoms with Crippen LogP contribution >= 0.6 is 11.3 Å². The third kappa shape index (κ3) is 3.20. The largest absolute Gasteiger partial charge is 0.481 e. The molecule has 2 rings (SSSR count). The summed E-state index contributed by atoms with van der Waals surface area (Å²) in [4.78, 5) is 16.4. The van der Waals surface area contributed by atoms with Crippen molar-refractivity contribution in [1.29, 1.82) is 0 Å². The van der Waals surface area contributed by atoms with Gasteiger partial charge >= 0.3 is 5.97 Å².